The summed E-state index contributed by atoms with van der Waals surface area (Å²) >= 11 is 0. The van der Waals surface area contributed by atoms with Gasteiger partial charge in [-0.25, -0.2) is 0 Å². The van der Waals surface area contributed by atoms with Crippen molar-refractivity contribution < 1.29 is 14.3 Å². The van der Waals surface area contributed by atoms with E-state index in [1.165, 1.54) is 17.0 Å². The summed E-state index contributed by atoms with van der Waals surface area (Å²) in [5.74, 6) is 1.21. The number of nitrogens with one attached hydrogen (secondary N) is 1. The SMILES string of the molecule is COc1ccc(CNC(=O)c2cccc3c2c2c(n3-c3ccccc3)Cn3cccc3C2)cc1OC. The van der Waals surface area contributed by atoms with Gasteiger partial charge in [0.15, 0.2) is 11.5 Å². The minimum atomic E-state index is -0.0932. The van der Waals surface area contributed by atoms with Crippen LogP contribution in [-0.4, -0.2) is 29.3 Å². The fourth-order valence-electron chi connectivity index (χ4n) is 5.26. The van der Waals surface area contributed by atoms with E-state index in [1.807, 2.05) is 36.4 Å². The Morgan fingerprint density at radius 2 is 1.75 bits per heavy atom. The molecule has 0 atom stereocenters. The second-order valence-electron chi connectivity index (χ2n) is 8.97. The Hall–Kier alpha value is -4.45. The van der Waals surface area contributed by atoms with Crippen LogP contribution in [0.5, 0.6) is 11.5 Å². The molecular formula is C30H27N3O3. The third-order valence-corrected chi connectivity index (χ3v) is 6.96. The topological polar surface area (TPSA) is 57.4 Å². The van der Waals surface area contributed by atoms with Crippen molar-refractivity contribution in [3.05, 3.63) is 113 Å². The molecule has 6 rings (SSSR count). The Kier molecular flexibility index (Phi) is 5.49. The first-order valence-electron chi connectivity index (χ1n) is 12.0. The van der Waals surface area contributed by atoms with Gasteiger partial charge in [0.25, 0.3) is 5.91 Å². The van der Waals surface area contributed by atoms with Crippen LogP contribution in [0.2, 0.25) is 0 Å². The standard InChI is InChI=1S/C30H27N3O3/c1-35-27-14-13-20(16-28(27)36-2)18-31-30(34)23-11-6-12-25-29(23)24-17-22-10-7-15-32(22)19-26(24)33(25)21-8-4-3-5-9-21/h3-16H,17-19H2,1-2H3,(H,31,34). The molecule has 1 aliphatic rings. The number of amides is 1. The maximum atomic E-state index is 13.6. The third kappa shape index (κ3) is 3.62. The number of methoxy groups -OCH3 is 2. The van der Waals surface area contributed by atoms with Gasteiger partial charge in [-0.3, -0.25) is 4.79 Å². The number of fused-ring (bicyclic) bond motifs is 4. The van der Waals surface area contributed by atoms with Gasteiger partial charge in [0, 0.05) is 47.2 Å². The fraction of sp³-hybridized carbons (Fsp3) is 0.167. The molecule has 6 nitrogen and oxygen atoms in total. The normalized spacial score (nSPS) is 12.2. The van der Waals surface area contributed by atoms with E-state index in [4.69, 9.17) is 9.47 Å². The zero-order valence-corrected chi connectivity index (χ0v) is 20.3. The molecule has 0 saturated carbocycles. The fourth-order valence-corrected chi connectivity index (χ4v) is 5.26. The summed E-state index contributed by atoms with van der Waals surface area (Å²) in [6.45, 7) is 1.16. The molecule has 36 heavy (non-hydrogen) atoms. The maximum Gasteiger partial charge on any atom is 0.252 e. The molecule has 0 radical (unpaired) electrons. The predicted octanol–water partition coefficient (Wildman–Crippen LogP) is 5.33. The zero-order chi connectivity index (χ0) is 24.6. The molecule has 5 aromatic rings. The Bertz CT molecular complexity index is 1580. The largest absolute Gasteiger partial charge is 0.493 e. The summed E-state index contributed by atoms with van der Waals surface area (Å²) in [5.41, 5.74) is 7.49. The molecule has 0 saturated heterocycles. The lowest BCUT2D eigenvalue weighted by molar-refractivity contribution is 0.0952. The van der Waals surface area contributed by atoms with Crippen LogP contribution < -0.4 is 14.8 Å². The zero-order valence-electron chi connectivity index (χ0n) is 20.3. The van der Waals surface area contributed by atoms with Crippen LogP contribution >= 0.6 is 0 Å². The summed E-state index contributed by atoms with van der Waals surface area (Å²) in [5, 5.41) is 4.14. The van der Waals surface area contributed by atoms with Gasteiger partial charge in [0.2, 0.25) is 0 Å². The van der Waals surface area contributed by atoms with E-state index in [2.05, 4.69) is 63.1 Å². The summed E-state index contributed by atoms with van der Waals surface area (Å²) in [7, 11) is 3.22. The number of carbonyl (C=O) groups is 1. The minimum Gasteiger partial charge on any atom is -0.493 e. The van der Waals surface area contributed by atoms with E-state index in [-0.39, 0.29) is 5.91 Å². The Morgan fingerprint density at radius 1 is 0.917 bits per heavy atom. The van der Waals surface area contributed by atoms with Crippen LogP contribution in [0.4, 0.5) is 0 Å². The van der Waals surface area contributed by atoms with Crippen molar-refractivity contribution in [1.29, 1.82) is 0 Å². The minimum absolute atomic E-state index is 0.0932. The van der Waals surface area contributed by atoms with Gasteiger partial charge in [-0.15, -0.1) is 0 Å². The average Bonchev–Trinajstić information content (AvgIpc) is 3.52. The molecule has 0 fully saturated rings. The van der Waals surface area contributed by atoms with Crippen LogP contribution in [0.3, 0.4) is 0 Å². The van der Waals surface area contributed by atoms with Gasteiger partial charge in [-0.2, -0.15) is 0 Å². The second kappa shape index (κ2) is 8.96. The van der Waals surface area contributed by atoms with Crippen molar-refractivity contribution in [2.24, 2.45) is 0 Å². The van der Waals surface area contributed by atoms with Crippen molar-refractivity contribution in [3.8, 4) is 17.2 Å². The lowest BCUT2D eigenvalue weighted by atomic mass is 9.98. The highest BCUT2D eigenvalue weighted by Gasteiger charge is 2.26. The number of benzene rings is 3. The number of hydrogen-bond acceptors (Lipinski definition) is 3. The van der Waals surface area contributed by atoms with Crippen LogP contribution in [0.1, 0.15) is 32.9 Å². The molecule has 2 aromatic heterocycles. The van der Waals surface area contributed by atoms with Crippen LogP contribution in [-0.2, 0) is 19.5 Å². The Labute approximate surface area is 209 Å². The molecule has 1 aliphatic heterocycles. The molecule has 0 unspecified atom stereocenters. The summed E-state index contributed by atoms with van der Waals surface area (Å²) < 4.78 is 15.3. The first kappa shape index (κ1) is 22.0. The smallest absolute Gasteiger partial charge is 0.252 e. The first-order valence-corrected chi connectivity index (χ1v) is 12.0. The van der Waals surface area contributed by atoms with Crippen LogP contribution in [0, 0.1) is 0 Å². The molecule has 0 aliphatic carbocycles. The summed E-state index contributed by atoms with van der Waals surface area (Å²) in [6, 6.07) is 26.3. The number of hydrogen-bond donors (Lipinski definition) is 1. The highest BCUT2D eigenvalue weighted by atomic mass is 16.5. The number of rotatable bonds is 6. The van der Waals surface area contributed by atoms with Gasteiger partial charge in [-0.05, 0) is 59.7 Å². The van der Waals surface area contributed by atoms with Crippen molar-refractivity contribution in [3.63, 3.8) is 0 Å². The van der Waals surface area contributed by atoms with Gasteiger partial charge >= 0.3 is 0 Å². The molecule has 1 amide bonds. The van der Waals surface area contributed by atoms with Gasteiger partial charge in [-0.1, -0.05) is 30.3 Å². The van der Waals surface area contributed by atoms with Crippen molar-refractivity contribution in [1.82, 2.24) is 14.5 Å². The summed E-state index contributed by atoms with van der Waals surface area (Å²) in [6.07, 6.45) is 2.92. The quantitative estimate of drug-likeness (QED) is 0.353. The number of nitrogens with zero attached hydrogens (tertiary/aromatic N) is 2. The molecule has 0 bridgehead atoms. The Balaban J connectivity index is 1.41. The van der Waals surface area contributed by atoms with Gasteiger partial charge in [0.1, 0.15) is 0 Å². The molecule has 1 N–H and O–H groups in total. The van der Waals surface area contributed by atoms with E-state index >= 15 is 0 Å². The summed E-state index contributed by atoms with van der Waals surface area (Å²) in [4.78, 5) is 13.6. The lowest BCUT2D eigenvalue weighted by Crippen LogP contribution is -2.23. The van der Waals surface area contributed by atoms with Gasteiger partial charge < -0.3 is 23.9 Å². The molecule has 3 heterocycles. The molecular weight excluding hydrogens is 450 g/mol. The number of ether oxygens (including phenoxy) is 2. The number of para-hydroxylation sites is 1. The molecule has 6 heteroatoms. The molecule has 0 spiro atoms. The monoisotopic (exact) mass is 477 g/mol. The number of carbonyl (C=O) groups excluding carboxylic acids is 1. The van der Waals surface area contributed by atoms with E-state index in [9.17, 15) is 4.79 Å². The average molecular weight is 478 g/mol. The van der Waals surface area contributed by atoms with Crippen molar-refractivity contribution in [2.75, 3.05) is 14.2 Å². The van der Waals surface area contributed by atoms with Crippen molar-refractivity contribution in [2.45, 2.75) is 19.5 Å². The highest BCUT2D eigenvalue weighted by Crippen LogP contribution is 2.37. The Morgan fingerprint density at radius 3 is 2.56 bits per heavy atom. The molecule has 3 aromatic carbocycles. The van der Waals surface area contributed by atoms with E-state index < -0.39 is 0 Å². The third-order valence-electron chi connectivity index (χ3n) is 6.96. The van der Waals surface area contributed by atoms with Crippen LogP contribution in [0.15, 0.2) is 85.1 Å². The van der Waals surface area contributed by atoms with E-state index in [1.54, 1.807) is 14.2 Å². The maximum absolute atomic E-state index is 13.6. The van der Waals surface area contributed by atoms with E-state index in [0.29, 0.717) is 23.6 Å². The predicted molar refractivity (Wildman–Crippen MR) is 140 cm³/mol. The highest BCUT2D eigenvalue weighted by molar-refractivity contribution is 6.08. The van der Waals surface area contributed by atoms with Crippen molar-refractivity contribution >= 4 is 16.8 Å². The van der Waals surface area contributed by atoms with Gasteiger partial charge in [0.05, 0.1) is 26.3 Å². The lowest BCUT2D eigenvalue weighted by Gasteiger charge is -2.19. The second-order valence-corrected chi connectivity index (χ2v) is 8.97. The van der Waals surface area contributed by atoms with E-state index in [0.717, 1.165) is 35.1 Å². The van der Waals surface area contributed by atoms with Crippen LogP contribution in [0.25, 0.3) is 16.6 Å². The molecule has 180 valence electrons. The first-order chi connectivity index (χ1) is 17.7. The number of aromatic nitrogens is 2.